The number of imidazole rings is 1. The molecule has 2 heterocycles. The van der Waals surface area contributed by atoms with E-state index >= 15 is 0 Å². The standard InChI is InChI=1S/C22H21N5O/c1-3-24-22(28)17-8-10-18(11-9-17)25-21-20(16-6-4-15(2)5-7-16)26-19-14-23-12-13-27(19)21/h4-14,25H,3H2,1-2H3,(H,24,28). The van der Waals surface area contributed by atoms with Gasteiger partial charge in [0.25, 0.3) is 5.91 Å². The summed E-state index contributed by atoms with van der Waals surface area (Å²) in [4.78, 5) is 20.9. The van der Waals surface area contributed by atoms with Crippen LogP contribution in [0.5, 0.6) is 0 Å². The van der Waals surface area contributed by atoms with Gasteiger partial charge in [-0.2, -0.15) is 0 Å². The molecule has 0 saturated carbocycles. The van der Waals surface area contributed by atoms with Gasteiger partial charge in [0.1, 0.15) is 11.5 Å². The molecule has 0 aliphatic rings. The molecule has 4 aromatic rings. The third-order valence-electron chi connectivity index (χ3n) is 4.50. The average molecular weight is 371 g/mol. The molecule has 0 fully saturated rings. The molecule has 28 heavy (non-hydrogen) atoms. The zero-order valence-electron chi connectivity index (χ0n) is 15.8. The smallest absolute Gasteiger partial charge is 0.251 e. The van der Waals surface area contributed by atoms with Crippen LogP contribution in [-0.2, 0) is 0 Å². The second kappa shape index (κ2) is 7.52. The lowest BCUT2D eigenvalue weighted by Crippen LogP contribution is -2.22. The van der Waals surface area contributed by atoms with Crippen molar-refractivity contribution in [3.05, 3.63) is 78.2 Å². The first-order valence-corrected chi connectivity index (χ1v) is 9.20. The Morgan fingerprint density at radius 1 is 1.07 bits per heavy atom. The highest BCUT2D eigenvalue weighted by molar-refractivity contribution is 5.94. The molecule has 2 aromatic heterocycles. The molecule has 1 amide bonds. The van der Waals surface area contributed by atoms with E-state index in [4.69, 9.17) is 4.98 Å². The molecule has 6 heteroatoms. The number of fused-ring (bicyclic) bond motifs is 1. The van der Waals surface area contributed by atoms with Crippen LogP contribution in [0.15, 0.2) is 67.1 Å². The molecule has 0 atom stereocenters. The van der Waals surface area contributed by atoms with Crippen LogP contribution in [0.4, 0.5) is 11.5 Å². The zero-order chi connectivity index (χ0) is 19.5. The lowest BCUT2D eigenvalue weighted by molar-refractivity contribution is 0.0956. The molecule has 0 spiro atoms. The second-order valence-electron chi connectivity index (χ2n) is 6.54. The van der Waals surface area contributed by atoms with Crippen molar-refractivity contribution in [3.8, 4) is 11.3 Å². The number of benzene rings is 2. The van der Waals surface area contributed by atoms with Gasteiger partial charge in [0.2, 0.25) is 0 Å². The highest BCUT2D eigenvalue weighted by atomic mass is 16.1. The van der Waals surface area contributed by atoms with Gasteiger partial charge in [0, 0.05) is 35.8 Å². The summed E-state index contributed by atoms with van der Waals surface area (Å²) < 4.78 is 1.97. The minimum Gasteiger partial charge on any atom is -0.352 e. The summed E-state index contributed by atoms with van der Waals surface area (Å²) in [5, 5.41) is 6.25. The fourth-order valence-corrected chi connectivity index (χ4v) is 3.04. The van der Waals surface area contributed by atoms with Gasteiger partial charge in [0.05, 0.1) is 6.20 Å². The molecule has 2 N–H and O–H groups in total. The van der Waals surface area contributed by atoms with Gasteiger partial charge in [-0.15, -0.1) is 0 Å². The van der Waals surface area contributed by atoms with E-state index in [1.165, 1.54) is 5.56 Å². The largest absolute Gasteiger partial charge is 0.352 e. The maximum atomic E-state index is 12.0. The maximum Gasteiger partial charge on any atom is 0.251 e. The molecule has 4 rings (SSSR count). The number of nitrogens with one attached hydrogen (secondary N) is 2. The SMILES string of the molecule is CCNC(=O)c1ccc(Nc2c(-c3ccc(C)cc3)nc3cnccn23)cc1. The lowest BCUT2D eigenvalue weighted by Gasteiger charge is -2.10. The van der Waals surface area contributed by atoms with E-state index in [9.17, 15) is 4.79 Å². The summed E-state index contributed by atoms with van der Waals surface area (Å²) in [7, 11) is 0. The Morgan fingerprint density at radius 3 is 2.54 bits per heavy atom. The molecule has 0 radical (unpaired) electrons. The van der Waals surface area contributed by atoms with Crippen molar-refractivity contribution in [1.29, 1.82) is 0 Å². The van der Waals surface area contributed by atoms with Crippen molar-refractivity contribution in [2.75, 3.05) is 11.9 Å². The summed E-state index contributed by atoms with van der Waals surface area (Å²) in [5.74, 6) is 0.780. The lowest BCUT2D eigenvalue weighted by atomic mass is 10.1. The average Bonchev–Trinajstić information content (AvgIpc) is 3.08. The monoisotopic (exact) mass is 371 g/mol. The van der Waals surface area contributed by atoms with Crippen LogP contribution < -0.4 is 10.6 Å². The van der Waals surface area contributed by atoms with E-state index in [0.29, 0.717) is 12.1 Å². The number of aromatic nitrogens is 3. The number of carbonyl (C=O) groups is 1. The predicted molar refractivity (Wildman–Crippen MR) is 111 cm³/mol. The van der Waals surface area contributed by atoms with Crippen LogP contribution in [0.3, 0.4) is 0 Å². The van der Waals surface area contributed by atoms with E-state index in [0.717, 1.165) is 28.4 Å². The van der Waals surface area contributed by atoms with Gasteiger partial charge in [-0.1, -0.05) is 29.8 Å². The number of amides is 1. The molecule has 140 valence electrons. The van der Waals surface area contributed by atoms with Gasteiger partial charge in [-0.05, 0) is 38.1 Å². The molecule has 0 aliphatic heterocycles. The number of hydrogen-bond donors (Lipinski definition) is 2. The van der Waals surface area contributed by atoms with E-state index in [2.05, 4.69) is 46.8 Å². The zero-order valence-corrected chi connectivity index (χ0v) is 15.8. The first-order chi connectivity index (χ1) is 13.7. The van der Waals surface area contributed by atoms with E-state index in [1.54, 1.807) is 12.4 Å². The van der Waals surface area contributed by atoms with Crippen molar-refractivity contribution in [1.82, 2.24) is 19.7 Å². The van der Waals surface area contributed by atoms with E-state index in [-0.39, 0.29) is 5.91 Å². The van der Waals surface area contributed by atoms with Crippen LogP contribution in [-0.4, -0.2) is 26.8 Å². The molecule has 0 aliphatic carbocycles. The van der Waals surface area contributed by atoms with Crippen LogP contribution >= 0.6 is 0 Å². The summed E-state index contributed by atoms with van der Waals surface area (Å²) in [6, 6.07) is 15.7. The Labute approximate surface area is 163 Å². The fraction of sp³-hybridized carbons (Fsp3) is 0.136. The summed E-state index contributed by atoms with van der Waals surface area (Å²) in [6.45, 7) is 4.57. The van der Waals surface area contributed by atoms with Crippen molar-refractivity contribution in [2.45, 2.75) is 13.8 Å². The van der Waals surface area contributed by atoms with Crippen LogP contribution in [0, 0.1) is 6.92 Å². The summed E-state index contributed by atoms with van der Waals surface area (Å²) in [6.07, 6.45) is 5.35. The molecule has 0 unspecified atom stereocenters. The third-order valence-corrected chi connectivity index (χ3v) is 4.50. The van der Waals surface area contributed by atoms with Crippen LogP contribution in [0.2, 0.25) is 0 Å². The summed E-state index contributed by atoms with van der Waals surface area (Å²) in [5.41, 5.74) is 5.34. The van der Waals surface area contributed by atoms with Gasteiger partial charge in [-0.3, -0.25) is 14.2 Å². The Balaban J connectivity index is 1.72. The molecule has 2 aromatic carbocycles. The number of rotatable bonds is 5. The highest BCUT2D eigenvalue weighted by Crippen LogP contribution is 2.31. The van der Waals surface area contributed by atoms with Gasteiger partial charge >= 0.3 is 0 Å². The van der Waals surface area contributed by atoms with Crippen molar-refractivity contribution in [3.63, 3.8) is 0 Å². The molecule has 0 bridgehead atoms. The van der Waals surface area contributed by atoms with Gasteiger partial charge < -0.3 is 10.6 Å². The Bertz CT molecular complexity index is 1110. The van der Waals surface area contributed by atoms with Gasteiger partial charge in [0.15, 0.2) is 5.65 Å². The Morgan fingerprint density at radius 2 is 1.82 bits per heavy atom. The van der Waals surface area contributed by atoms with Gasteiger partial charge in [-0.25, -0.2) is 4.98 Å². The highest BCUT2D eigenvalue weighted by Gasteiger charge is 2.14. The quantitative estimate of drug-likeness (QED) is 0.552. The summed E-state index contributed by atoms with van der Waals surface area (Å²) >= 11 is 0. The number of nitrogens with zero attached hydrogens (tertiary/aromatic N) is 3. The number of aryl methyl sites for hydroxylation is 1. The molecular formula is C22H21N5O. The number of anilines is 2. The van der Waals surface area contributed by atoms with Crippen LogP contribution in [0.25, 0.3) is 16.9 Å². The number of carbonyl (C=O) groups excluding carboxylic acids is 1. The number of hydrogen-bond acceptors (Lipinski definition) is 4. The topological polar surface area (TPSA) is 71.3 Å². The second-order valence-corrected chi connectivity index (χ2v) is 6.54. The Hall–Kier alpha value is -3.67. The predicted octanol–water partition coefficient (Wildman–Crippen LogP) is 4.20. The first-order valence-electron chi connectivity index (χ1n) is 9.20. The van der Waals surface area contributed by atoms with Crippen molar-refractivity contribution in [2.24, 2.45) is 0 Å². The normalized spacial score (nSPS) is 10.8. The fourth-order valence-electron chi connectivity index (χ4n) is 3.04. The maximum absolute atomic E-state index is 12.0. The molecule has 6 nitrogen and oxygen atoms in total. The van der Waals surface area contributed by atoms with Crippen molar-refractivity contribution >= 4 is 23.1 Å². The first kappa shape index (κ1) is 17.7. The Kier molecular flexibility index (Phi) is 4.76. The minimum atomic E-state index is -0.0738. The molecule has 0 saturated heterocycles. The molecular weight excluding hydrogens is 350 g/mol. The van der Waals surface area contributed by atoms with Crippen molar-refractivity contribution < 1.29 is 4.79 Å². The van der Waals surface area contributed by atoms with Crippen LogP contribution in [0.1, 0.15) is 22.8 Å². The van der Waals surface area contributed by atoms with E-state index < -0.39 is 0 Å². The van der Waals surface area contributed by atoms with E-state index in [1.807, 2.05) is 41.8 Å². The minimum absolute atomic E-state index is 0.0738. The third kappa shape index (κ3) is 3.44.